The van der Waals surface area contributed by atoms with Crippen molar-refractivity contribution in [2.45, 2.75) is 18.8 Å². The summed E-state index contributed by atoms with van der Waals surface area (Å²) < 4.78 is 0. The number of rotatable bonds is 3. The van der Waals surface area contributed by atoms with E-state index in [1.165, 1.54) is 0 Å². The minimum absolute atomic E-state index is 0.0554. The molecule has 1 aromatic carbocycles. The molecule has 0 unspecified atom stereocenters. The molecule has 1 saturated heterocycles. The SMILES string of the molecule is O=C(O)[C@@H]1CCN(C(=O)[C@@H]2C[C@@H]2c2cc(Cl)cc(Cl)c2)C1. The van der Waals surface area contributed by atoms with Crippen LogP contribution in [0.1, 0.15) is 24.3 Å². The zero-order valence-electron chi connectivity index (χ0n) is 11.3. The van der Waals surface area contributed by atoms with Crippen molar-refractivity contribution in [3.63, 3.8) is 0 Å². The number of nitrogens with zero attached hydrogens (tertiary/aromatic N) is 1. The van der Waals surface area contributed by atoms with Gasteiger partial charge in [-0.05, 0) is 42.5 Å². The highest BCUT2D eigenvalue weighted by Crippen LogP contribution is 2.49. The number of halogens is 2. The van der Waals surface area contributed by atoms with Crippen molar-refractivity contribution < 1.29 is 14.7 Å². The normalized spacial score (nSPS) is 27.7. The lowest BCUT2D eigenvalue weighted by atomic mass is 10.1. The van der Waals surface area contributed by atoms with Gasteiger partial charge in [0.05, 0.1) is 5.92 Å². The number of carboxylic acids is 1. The van der Waals surface area contributed by atoms with Gasteiger partial charge >= 0.3 is 5.97 Å². The fraction of sp³-hybridized carbons (Fsp3) is 0.467. The van der Waals surface area contributed by atoms with E-state index in [4.69, 9.17) is 28.3 Å². The van der Waals surface area contributed by atoms with E-state index in [0.29, 0.717) is 29.6 Å². The second-order valence-corrected chi connectivity index (χ2v) is 6.63. The molecule has 3 atom stereocenters. The number of likely N-dealkylation sites (tertiary alicyclic amines) is 1. The maximum absolute atomic E-state index is 12.4. The summed E-state index contributed by atoms with van der Waals surface area (Å²) in [4.78, 5) is 25.0. The van der Waals surface area contributed by atoms with Gasteiger partial charge in [0, 0.05) is 29.1 Å². The number of benzene rings is 1. The van der Waals surface area contributed by atoms with Crippen LogP contribution in [0.25, 0.3) is 0 Å². The summed E-state index contributed by atoms with van der Waals surface area (Å²) in [5.74, 6) is -1.10. The fourth-order valence-electron chi connectivity index (χ4n) is 3.02. The number of carbonyl (C=O) groups excluding carboxylic acids is 1. The molecule has 1 aliphatic heterocycles. The van der Waals surface area contributed by atoms with Crippen molar-refractivity contribution in [3.8, 4) is 0 Å². The first-order chi connectivity index (χ1) is 9.95. The molecule has 3 rings (SSSR count). The van der Waals surface area contributed by atoms with Crippen LogP contribution in [0.3, 0.4) is 0 Å². The molecule has 21 heavy (non-hydrogen) atoms. The van der Waals surface area contributed by atoms with Crippen molar-refractivity contribution in [1.29, 1.82) is 0 Å². The second-order valence-electron chi connectivity index (χ2n) is 5.76. The Balaban J connectivity index is 1.65. The Morgan fingerprint density at radius 1 is 1.19 bits per heavy atom. The summed E-state index contributed by atoms with van der Waals surface area (Å²) in [6, 6.07) is 5.36. The zero-order valence-corrected chi connectivity index (χ0v) is 12.8. The number of amides is 1. The predicted octanol–water partition coefficient (Wildman–Crippen LogP) is 3.03. The van der Waals surface area contributed by atoms with E-state index in [1.54, 1.807) is 11.0 Å². The first-order valence-electron chi connectivity index (χ1n) is 6.93. The molecule has 4 nitrogen and oxygen atoms in total. The maximum atomic E-state index is 12.4. The molecule has 2 fully saturated rings. The molecule has 0 radical (unpaired) electrons. The highest BCUT2D eigenvalue weighted by molar-refractivity contribution is 6.34. The van der Waals surface area contributed by atoms with Crippen LogP contribution in [-0.4, -0.2) is 35.0 Å². The maximum Gasteiger partial charge on any atom is 0.308 e. The summed E-state index contributed by atoms with van der Waals surface area (Å²) in [6.07, 6.45) is 1.32. The van der Waals surface area contributed by atoms with Crippen LogP contribution in [0.4, 0.5) is 0 Å². The van der Waals surface area contributed by atoms with Crippen LogP contribution in [-0.2, 0) is 9.59 Å². The topological polar surface area (TPSA) is 57.6 Å². The molecule has 2 aliphatic rings. The van der Waals surface area contributed by atoms with Gasteiger partial charge in [-0.1, -0.05) is 23.2 Å². The lowest BCUT2D eigenvalue weighted by molar-refractivity contribution is -0.141. The van der Waals surface area contributed by atoms with Gasteiger partial charge in [-0.25, -0.2) is 0 Å². The number of carboxylic acid groups (broad SMARTS) is 1. The zero-order chi connectivity index (χ0) is 15.1. The number of hydrogen-bond donors (Lipinski definition) is 1. The van der Waals surface area contributed by atoms with Crippen LogP contribution >= 0.6 is 23.2 Å². The molecule has 112 valence electrons. The van der Waals surface area contributed by atoms with Gasteiger partial charge in [-0.2, -0.15) is 0 Å². The third kappa shape index (κ3) is 3.01. The summed E-state index contributed by atoms with van der Waals surface area (Å²) in [5, 5.41) is 10.1. The molecule has 0 bridgehead atoms. The van der Waals surface area contributed by atoms with E-state index in [-0.39, 0.29) is 17.7 Å². The first-order valence-corrected chi connectivity index (χ1v) is 7.69. The van der Waals surface area contributed by atoms with Gasteiger partial charge in [0.2, 0.25) is 5.91 Å². The molecule has 0 aromatic heterocycles. The first kappa shape index (κ1) is 14.7. The molecule has 1 amide bonds. The molecule has 6 heteroatoms. The Kier molecular flexibility index (Phi) is 3.84. The Labute approximate surface area is 132 Å². The second kappa shape index (κ2) is 5.50. The van der Waals surface area contributed by atoms with Gasteiger partial charge < -0.3 is 10.0 Å². The monoisotopic (exact) mass is 327 g/mol. The highest BCUT2D eigenvalue weighted by atomic mass is 35.5. The van der Waals surface area contributed by atoms with E-state index in [1.807, 2.05) is 12.1 Å². The lowest BCUT2D eigenvalue weighted by Crippen LogP contribution is -2.31. The van der Waals surface area contributed by atoms with E-state index in [9.17, 15) is 9.59 Å². The van der Waals surface area contributed by atoms with Crippen molar-refractivity contribution in [3.05, 3.63) is 33.8 Å². The van der Waals surface area contributed by atoms with E-state index in [2.05, 4.69) is 0 Å². The summed E-state index contributed by atoms with van der Waals surface area (Å²) in [6.45, 7) is 0.864. The smallest absolute Gasteiger partial charge is 0.308 e. The van der Waals surface area contributed by atoms with Crippen LogP contribution in [0.2, 0.25) is 10.0 Å². The van der Waals surface area contributed by atoms with E-state index < -0.39 is 11.9 Å². The molecule has 1 aromatic rings. The Hall–Kier alpha value is -1.26. The highest BCUT2D eigenvalue weighted by Gasteiger charge is 2.47. The van der Waals surface area contributed by atoms with Crippen LogP contribution in [0.15, 0.2) is 18.2 Å². The number of hydrogen-bond acceptors (Lipinski definition) is 2. The van der Waals surface area contributed by atoms with Gasteiger partial charge in [0.25, 0.3) is 0 Å². The quantitative estimate of drug-likeness (QED) is 0.928. The number of carbonyl (C=O) groups is 2. The standard InChI is InChI=1S/C15H15Cl2NO3/c16-10-3-9(4-11(17)5-10)12-6-13(12)14(19)18-2-1-8(7-18)15(20)21/h3-5,8,12-13H,1-2,6-7H2,(H,20,21)/t8-,12-,13-/m1/s1. The van der Waals surface area contributed by atoms with Crippen molar-refractivity contribution >= 4 is 35.1 Å². The van der Waals surface area contributed by atoms with Crippen LogP contribution < -0.4 is 0 Å². The molecular formula is C15H15Cl2NO3. The van der Waals surface area contributed by atoms with Crippen molar-refractivity contribution in [1.82, 2.24) is 4.90 Å². The molecule has 1 saturated carbocycles. The average molecular weight is 328 g/mol. The number of aliphatic carboxylic acids is 1. The largest absolute Gasteiger partial charge is 0.481 e. The molecule has 1 N–H and O–H groups in total. The van der Waals surface area contributed by atoms with E-state index in [0.717, 1.165) is 12.0 Å². The molecular weight excluding hydrogens is 313 g/mol. The summed E-state index contributed by atoms with van der Waals surface area (Å²) >= 11 is 12.0. The third-order valence-corrected chi connectivity index (χ3v) is 4.71. The minimum Gasteiger partial charge on any atom is -0.481 e. The van der Waals surface area contributed by atoms with E-state index >= 15 is 0 Å². The summed E-state index contributed by atoms with van der Waals surface area (Å²) in [5.41, 5.74) is 0.986. The Morgan fingerprint density at radius 3 is 2.43 bits per heavy atom. The van der Waals surface area contributed by atoms with Crippen LogP contribution in [0.5, 0.6) is 0 Å². The summed E-state index contributed by atoms with van der Waals surface area (Å²) in [7, 11) is 0. The lowest BCUT2D eigenvalue weighted by Gasteiger charge is -2.15. The van der Waals surface area contributed by atoms with Crippen molar-refractivity contribution in [2.75, 3.05) is 13.1 Å². The Bertz CT molecular complexity index is 584. The van der Waals surface area contributed by atoms with Gasteiger partial charge in [0.1, 0.15) is 0 Å². The molecule has 1 heterocycles. The molecule has 0 spiro atoms. The third-order valence-electron chi connectivity index (χ3n) is 4.27. The van der Waals surface area contributed by atoms with Gasteiger partial charge in [0.15, 0.2) is 0 Å². The van der Waals surface area contributed by atoms with Gasteiger partial charge in [-0.3, -0.25) is 9.59 Å². The predicted molar refractivity (Wildman–Crippen MR) is 79.6 cm³/mol. The average Bonchev–Trinajstić information content (AvgIpc) is 3.05. The fourth-order valence-corrected chi connectivity index (χ4v) is 3.57. The Morgan fingerprint density at radius 2 is 1.86 bits per heavy atom. The van der Waals surface area contributed by atoms with Crippen molar-refractivity contribution in [2.24, 2.45) is 11.8 Å². The van der Waals surface area contributed by atoms with Crippen LogP contribution in [0, 0.1) is 11.8 Å². The van der Waals surface area contributed by atoms with Gasteiger partial charge in [-0.15, -0.1) is 0 Å². The molecule has 1 aliphatic carbocycles. The minimum atomic E-state index is -0.820.